The largest absolute Gasteiger partial charge is 0.468 e. The van der Waals surface area contributed by atoms with E-state index in [2.05, 4.69) is 45.9 Å². The van der Waals surface area contributed by atoms with Crippen LogP contribution in [0.25, 0.3) is 0 Å². The second-order valence-corrected chi connectivity index (χ2v) is 7.36. The molecule has 2 N–H and O–H groups in total. The lowest BCUT2D eigenvalue weighted by Crippen LogP contribution is -2.41. The Labute approximate surface area is 182 Å². The van der Waals surface area contributed by atoms with Gasteiger partial charge in [0.25, 0.3) is 0 Å². The molecule has 31 heavy (non-hydrogen) atoms. The maximum absolute atomic E-state index is 12.0. The van der Waals surface area contributed by atoms with Crippen molar-refractivity contribution < 1.29 is 9.53 Å². The molecule has 0 bridgehead atoms. The molecule has 0 amide bonds. The topological polar surface area (TPSA) is 70.1 Å². The highest BCUT2D eigenvalue weighted by Crippen LogP contribution is 2.41. The maximum Gasteiger partial charge on any atom is 0.323 e. The zero-order chi connectivity index (χ0) is 21.7. The number of hydrogen-bond donors (Lipinski definition) is 1. The maximum atomic E-state index is 12.0. The molecule has 0 aliphatic carbocycles. The summed E-state index contributed by atoms with van der Waals surface area (Å²) in [5, 5.41) is 0. The number of hydrogen-bond acceptors (Lipinski definition) is 4. The molecule has 5 nitrogen and oxygen atoms in total. The van der Waals surface area contributed by atoms with Gasteiger partial charge >= 0.3 is 5.97 Å². The number of imidazole rings is 1. The van der Waals surface area contributed by atoms with Crippen molar-refractivity contribution in [2.24, 2.45) is 5.73 Å². The summed E-state index contributed by atoms with van der Waals surface area (Å²) >= 11 is 0. The van der Waals surface area contributed by atoms with Crippen molar-refractivity contribution in [1.82, 2.24) is 9.55 Å². The molecule has 1 atom stereocenters. The van der Waals surface area contributed by atoms with Crippen molar-refractivity contribution in [3.05, 3.63) is 126 Å². The van der Waals surface area contributed by atoms with Gasteiger partial charge in [-0.05, 0) is 16.7 Å². The van der Waals surface area contributed by atoms with Crippen LogP contribution in [-0.4, -0.2) is 28.7 Å². The Hall–Kier alpha value is -3.70. The Bertz CT molecular complexity index is 1030. The molecule has 0 aliphatic rings. The Morgan fingerprint density at radius 3 is 1.77 bits per heavy atom. The van der Waals surface area contributed by atoms with E-state index in [0.717, 1.165) is 16.7 Å². The minimum Gasteiger partial charge on any atom is -0.468 e. The quantitative estimate of drug-likeness (QED) is 0.371. The predicted octanol–water partition coefficient (Wildman–Crippen LogP) is 3.77. The molecule has 3 aromatic carbocycles. The van der Waals surface area contributed by atoms with Crippen molar-refractivity contribution in [1.29, 1.82) is 0 Å². The van der Waals surface area contributed by atoms with Crippen LogP contribution in [0.4, 0.5) is 0 Å². The summed E-state index contributed by atoms with van der Waals surface area (Å²) in [4.78, 5) is 16.6. The lowest BCUT2D eigenvalue weighted by molar-refractivity contribution is -0.142. The molecule has 0 spiro atoms. The molecule has 0 aliphatic heterocycles. The fourth-order valence-corrected chi connectivity index (χ4v) is 4.18. The normalized spacial score (nSPS) is 12.3. The molecule has 1 heterocycles. The number of nitrogens with two attached hydrogens (primary N) is 1. The van der Waals surface area contributed by atoms with Gasteiger partial charge in [0.05, 0.1) is 7.11 Å². The first-order chi connectivity index (χ1) is 15.2. The molecule has 0 saturated heterocycles. The Kier molecular flexibility index (Phi) is 5.96. The molecule has 4 aromatic rings. The Morgan fingerprint density at radius 1 is 0.903 bits per heavy atom. The molecule has 156 valence electrons. The fraction of sp³-hybridized carbons (Fsp3) is 0.154. The zero-order valence-electron chi connectivity index (χ0n) is 17.4. The number of benzene rings is 3. The number of rotatable bonds is 7. The Morgan fingerprint density at radius 2 is 1.35 bits per heavy atom. The van der Waals surface area contributed by atoms with Crippen molar-refractivity contribution in [3.63, 3.8) is 0 Å². The van der Waals surface area contributed by atoms with E-state index in [1.54, 1.807) is 6.20 Å². The average Bonchev–Trinajstić information content (AvgIpc) is 3.29. The summed E-state index contributed by atoms with van der Waals surface area (Å²) in [6.07, 6.45) is 3.96. The van der Waals surface area contributed by atoms with Crippen LogP contribution in [0, 0.1) is 0 Å². The van der Waals surface area contributed by atoms with E-state index in [9.17, 15) is 4.79 Å². The van der Waals surface area contributed by atoms with Gasteiger partial charge in [-0.25, -0.2) is 4.98 Å². The number of carbonyl (C=O) groups excluding carboxylic acids is 1. The molecule has 0 fully saturated rings. The van der Waals surface area contributed by atoms with Crippen LogP contribution in [0.15, 0.2) is 103 Å². The number of ether oxygens (including phenoxy) is 1. The molecular formula is C26H25N3O2. The van der Waals surface area contributed by atoms with E-state index in [-0.39, 0.29) is 6.42 Å². The van der Waals surface area contributed by atoms with Crippen LogP contribution in [0.3, 0.4) is 0 Å². The van der Waals surface area contributed by atoms with E-state index in [4.69, 9.17) is 10.5 Å². The predicted molar refractivity (Wildman–Crippen MR) is 121 cm³/mol. The van der Waals surface area contributed by atoms with E-state index < -0.39 is 17.6 Å². The second kappa shape index (κ2) is 8.98. The lowest BCUT2D eigenvalue weighted by Gasteiger charge is -2.38. The van der Waals surface area contributed by atoms with Gasteiger partial charge < -0.3 is 15.0 Å². The average molecular weight is 412 g/mol. The van der Waals surface area contributed by atoms with Gasteiger partial charge in [-0.15, -0.1) is 0 Å². The summed E-state index contributed by atoms with van der Waals surface area (Å²) < 4.78 is 6.96. The smallest absolute Gasteiger partial charge is 0.323 e. The summed E-state index contributed by atoms with van der Waals surface area (Å²) in [5.41, 5.74) is 8.68. The van der Waals surface area contributed by atoms with Gasteiger partial charge in [0.1, 0.15) is 17.4 Å². The van der Waals surface area contributed by atoms with Crippen molar-refractivity contribution in [2.45, 2.75) is 18.0 Å². The highest BCUT2D eigenvalue weighted by molar-refractivity contribution is 5.75. The van der Waals surface area contributed by atoms with Gasteiger partial charge in [-0.1, -0.05) is 91.0 Å². The van der Waals surface area contributed by atoms with Gasteiger partial charge in [0, 0.05) is 18.8 Å². The minimum atomic E-state index is -0.800. The van der Waals surface area contributed by atoms with Gasteiger partial charge in [-0.3, -0.25) is 4.79 Å². The van der Waals surface area contributed by atoms with Gasteiger partial charge in [-0.2, -0.15) is 0 Å². The molecule has 0 saturated carbocycles. The number of esters is 1. The lowest BCUT2D eigenvalue weighted by atomic mass is 9.76. The highest BCUT2D eigenvalue weighted by atomic mass is 16.5. The number of methoxy groups -OCH3 is 1. The molecule has 4 rings (SSSR count). The molecule has 1 aromatic heterocycles. The monoisotopic (exact) mass is 411 g/mol. The first-order valence-electron chi connectivity index (χ1n) is 10.2. The molecular weight excluding hydrogens is 386 g/mol. The third-order valence-electron chi connectivity index (χ3n) is 5.56. The first-order valence-corrected chi connectivity index (χ1v) is 10.2. The summed E-state index contributed by atoms with van der Waals surface area (Å²) in [5.74, 6) is 0.244. The van der Waals surface area contributed by atoms with Crippen LogP contribution < -0.4 is 5.73 Å². The number of carbonyl (C=O) groups is 1. The summed E-state index contributed by atoms with van der Waals surface area (Å²) in [7, 11) is 1.34. The van der Waals surface area contributed by atoms with Gasteiger partial charge in [0.15, 0.2) is 0 Å². The van der Waals surface area contributed by atoms with Crippen molar-refractivity contribution >= 4 is 5.97 Å². The number of aromatic nitrogens is 2. The van der Waals surface area contributed by atoms with E-state index in [1.807, 2.05) is 60.8 Å². The third kappa shape index (κ3) is 3.76. The first kappa shape index (κ1) is 20.6. The third-order valence-corrected chi connectivity index (χ3v) is 5.56. The van der Waals surface area contributed by atoms with Crippen LogP contribution >= 0.6 is 0 Å². The van der Waals surface area contributed by atoms with Crippen LogP contribution in [0.5, 0.6) is 0 Å². The zero-order valence-corrected chi connectivity index (χ0v) is 17.4. The minimum absolute atomic E-state index is 0.258. The van der Waals surface area contributed by atoms with Crippen molar-refractivity contribution in [3.8, 4) is 0 Å². The molecule has 0 radical (unpaired) electrons. The highest BCUT2D eigenvalue weighted by Gasteiger charge is 2.39. The molecule has 1 unspecified atom stereocenters. The molecule has 5 heteroatoms. The van der Waals surface area contributed by atoms with Gasteiger partial charge in [0.2, 0.25) is 0 Å². The summed E-state index contributed by atoms with van der Waals surface area (Å²) in [6.45, 7) is 0. The van der Waals surface area contributed by atoms with Crippen LogP contribution in [-0.2, 0) is 21.5 Å². The fourth-order valence-electron chi connectivity index (χ4n) is 4.18. The SMILES string of the molecule is COC(=O)C(N)Cc1nccn1C(c1ccccc1)(c1ccccc1)c1ccccc1. The number of nitrogens with zero attached hydrogens (tertiary/aromatic N) is 2. The summed E-state index contributed by atoms with van der Waals surface area (Å²) in [6, 6.07) is 30.1. The Balaban J connectivity index is 2.01. The van der Waals surface area contributed by atoms with E-state index in [0.29, 0.717) is 5.82 Å². The van der Waals surface area contributed by atoms with E-state index in [1.165, 1.54) is 7.11 Å². The van der Waals surface area contributed by atoms with Crippen molar-refractivity contribution in [2.75, 3.05) is 7.11 Å². The standard InChI is InChI=1S/C26H25N3O2/c1-31-25(30)23(27)19-24-28-17-18-29(24)26(20-11-5-2-6-12-20,21-13-7-3-8-14-21)22-15-9-4-10-16-22/h2-18,23H,19,27H2,1H3. The van der Waals surface area contributed by atoms with Crippen LogP contribution in [0.1, 0.15) is 22.5 Å². The second-order valence-electron chi connectivity index (χ2n) is 7.36. The van der Waals surface area contributed by atoms with Crippen LogP contribution in [0.2, 0.25) is 0 Å². The van der Waals surface area contributed by atoms with E-state index >= 15 is 0 Å².